The zero-order valence-corrected chi connectivity index (χ0v) is 12.0. The van der Waals surface area contributed by atoms with Crippen LogP contribution in [0, 0.1) is 0 Å². The Balaban J connectivity index is 2.55. The van der Waals surface area contributed by atoms with Gasteiger partial charge in [-0.15, -0.1) is 0 Å². The normalized spacial score (nSPS) is 10.6. The summed E-state index contributed by atoms with van der Waals surface area (Å²) in [6, 6.07) is 4.81. The Bertz CT molecular complexity index is 430. The number of ether oxygens (including phenoxy) is 1. The quantitative estimate of drug-likeness (QED) is 0.751. The highest BCUT2D eigenvalue weighted by Crippen LogP contribution is 2.24. The maximum absolute atomic E-state index is 12.2. The molecule has 0 spiro atoms. The number of carbonyl (C=O) groups is 1. The van der Waals surface area contributed by atoms with Gasteiger partial charge >= 0.3 is 6.61 Å². The second-order valence-electron chi connectivity index (χ2n) is 3.73. The van der Waals surface area contributed by atoms with Crippen LogP contribution in [0.1, 0.15) is 12.0 Å². The molecule has 0 bridgehead atoms. The fourth-order valence-electron chi connectivity index (χ4n) is 1.45. The molecule has 0 aliphatic rings. The predicted molar refractivity (Wildman–Crippen MR) is 71.2 cm³/mol. The first kappa shape index (κ1) is 15.8. The van der Waals surface area contributed by atoms with Crippen molar-refractivity contribution in [3.63, 3.8) is 0 Å². The third-order valence-electron chi connectivity index (χ3n) is 2.36. The number of nitrogens with one attached hydrogen (secondary N) is 2. The van der Waals surface area contributed by atoms with E-state index in [0.717, 1.165) is 4.47 Å². The molecule has 1 amide bonds. The number of benzene rings is 1. The molecule has 4 nitrogen and oxygen atoms in total. The summed E-state index contributed by atoms with van der Waals surface area (Å²) in [5.74, 6) is 0.0523. The van der Waals surface area contributed by atoms with Gasteiger partial charge in [-0.05, 0) is 18.2 Å². The Labute approximate surface area is 118 Å². The standard InChI is InChI=1S/C12H15BrF2N2O2/c1-16-11(18)4-5-17-7-8-6-9(13)2-3-10(8)19-12(14)15/h2-3,6,12,17H,4-5,7H2,1H3,(H,16,18). The molecule has 0 unspecified atom stereocenters. The average Bonchev–Trinajstić information content (AvgIpc) is 2.36. The zero-order chi connectivity index (χ0) is 14.3. The molecule has 0 atom stereocenters. The van der Waals surface area contributed by atoms with E-state index in [4.69, 9.17) is 0 Å². The Hall–Kier alpha value is -1.21. The molecule has 106 valence electrons. The van der Waals surface area contributed by atoms with E-state index in [1.165, 1.54) is 6.07 Å². The van der Waals surface area contributed by atoms with Crippen LogP contribution < -0.4 is 15.4 Å². The van der Waals surface area contributed by atoms with Crippen molar-refractivity contribution in [1.82, 2.24) is 10.6 Å². The summed E-state index contributed by atoms with van der Waals surface area (Å²) in [6.07, 6.45) is 0.329. The van der Waals surface area contributed by atoms with Crippen molar-refractivity contribution in [1.29, 1.82) is 0 Å². The fraction of sp³-hybridized carbons (Fsp3) is 0.417. The smallest absolute Gasteiger partial charge is 0.387 e. The molecule has 0 saturated heterocycles. The predicted octanol–water partition coefficient (Wildman–Crippen LogP) is 2.28. The lowest BCUT2D eigenvalue weighted by molar-refractivity contribution is -0.120. The van der Waals surface area contributed by atoms with Crippen molar-refractivity contribution in [2.24, 2.45) is 0 Å². The minimum Gasteiger partial charge on any atom is -0.434 e. The molecule has 0 aliphatic carbocycles. The molecule has 0 aromatic heterocycles. The second-order valence-corrected chi connectivity index (χ2v) is 4.65. The number of rotatable bonds is 7. The molecule has 1 aromatic carbocycles. The Morgan fingerprint density at radius 1 is 1.47 bits per heavy atom. The summed E-state index contributed by atoms with van der Waals surface area (Å²) in [4.78, 5) is 11.0. The summed E-state index contributed by atoms with van der Waals surface area (Å²) in [7, 11) is 1.56. The first-order chi connectivity index (χ1) is 9.02. The number of alkyl halides is 2. The van der Waals surface area contributed by atoms with Gasteiger partial charge in [0.2, 0.25) is 5.91 Å². The molecule has 0 fully saturated rings. The Morgan fingerprint density at radius 2 is 2.21 bits per heavy atom. The number of carbonyl (C=O) groups excluding carboxylic acids is 1. The molecule has 0 heterocycles. The van der Waals surface area contributed by atoms with Crippen molar-refractivity contribution < 1.29 is 18.3 Å². The minimum atomic E-state index is -2.86. The average molecular weight is 337 g/mol. The summed E-state index contributed by atoms with van der Waals surface area (Å²) in [5.41, 5.74) is 0.603. The monoisotopic (exact) mass is 336 g/mol. The van der Waals surface area contributed by atoms with E-state index < -0.39 is 6.61 Å². The molecule has 1 rings (SSSR count). The number of hydrogen-bond acceptors (Lipinski definition) is 3. The van der Waals surface area contributed by atoms with Gasteiger partial charge in [0.1, 0.15) is 5.75 Å². The van der Waals surface area contributed by atoms with Crippen LogP contribution in [0.4, 0.5) is 8.78 Å². The highest BCUT2D eigenvalue weighted by Gasteiger charge is 2.10. The summed E-state index contributed by atoms with van der Waals surface area (Å²) in [5, 5.41) is 5.50. The van der Waals surface area contributed by atoms with Gasteiger partial charge < -0.3 is 15.4 Å². The molecule has 0 saturated carbocycles. The molecule has 2 N–H and O–H groups in total. The van der Waals surface area contributed by atoms with Gasteiger partial charge in [-0.2, -0.15) is 8.78 Å². The first-order valence-electron chi connectivity index (χ1n) is 5.67. The Morgan fingerprint density at radius 3 is 2.84 bits per heavy atom. The van der Waals surface area contributed by atoms with Gasteiger partial charge in [0.25, 0.3) is 0 Å². The van der Waals surface area contributed by atoms with E-state index in [1.807, 2.05) is 0 Å². The van der Waals surface area contributed by atoms with Gasteiger partial charge in [-0.1, -0.05) is 15.9 Å². The lowest BCUT2D eigenvalue weighted by Gasteiger charge is -2.12. The van der Waals surface area contributed by atoms with Crippen molar-refractivity contribution in [3.05, 3.63) is 28.2 Å². The highest BCUT2D eigenvalue weighted by molar-refractivity contribution is 9.10. The third kappa shape index (κ3) is 5.98. The number of halogens is 3. The highest BCUT2D eigenvalue weighted by atomic mass is 79.9. The van der Waals surface area contributed by atoms with E-state index in [0.29, 0.717) is 25.1 Å². The van der Waals surface area contributed by atoms with E-state index >= 15 is 0 Å². The third-order valence-corrected chi connectivity index (χ3v) is 2.85. The fourth-order valence-corrected chi connectivity index (χ4v) is 1.86. The molecule has 0 aliphatic heterocycles. The number of hydrogen-bond donors (Lipinski definition) is 2. The largest absolute Gasteiger partial charge is 0.434 e. The van der Waals surface area contributed by atoms with Gasteiger partial charge in [0, 0.05) is 36.6 Å². The zero-order valence-electron chi connectivity index (χ0n) is 10.4. The van der Waals surface area contributed by atoms with Crippen LogP contribution in [0.3, 0.4) is 0 Å². The summed E-state index contributed by atoms with van der Waals surface area (Å²) < 4.78 is 29.7. The van der Waals surface area contributed by atoms with Crippen molar-refractivity contribution in [2.75, 3.05) is 13.6 Å². The number of amides is 1. The summed E-state index contributed by atoms with van der Waals surface area (Å²) in [6.45, 7) is -2.05. The van der Waals surface area contributed by atoms with Crippen LogP contribution in [0.25, 0.3) is 0 Å². The SMILES string of the molecule is CNC(=O)CCNCc1cc(Br)ccc1OC(F)F. The van der Waals surface area contributed by atoms with Crippen molar-refractivity contribution in [2.45, 2.75) is 19.6 Å². The van der Waals surface area contributed by atoms with Crippen LogP contribution >= 0.6 is 15.9 Å². The maximum Gasteiger partial charge on any atom is 0.387 e. The van der Waals surface area contributed by atoms with E-state index in [9.17, 15) is 13.6 Å². The second kappa shape index (κ2) is 8.06. The first-order valence-corrected chi connectivity index (χ1v) is 6.46. The van der Waals surface area contributed by atoms with Gasteiger partial charge in [-0.25, -0.2) is 0 Å². The van der Waals surface area contributed by atoms with Gasteiger partial charge in [0.15, 0.2) is 0 Å². The molecule has 1 aromatic rings. The molecular weight excluding hydrogens is 322 g/mol. The van der Waals surface area contributed by atoms with E-state index in [-0.39, 0.29) is 11.7 Å². The van der Waals surface area contributed by atoms with E-state index in [2.05, 4.69) is 31.3 Å². The maximum atomic E-state index is 12.2. The molecule has 19 heavy (non-hydrogen) atoms. The van der Waals surface area contributed by atoms with Gasteiger partial charge in [0.05, 0.1) is 0 Å². The summed E-state index contributed by atoms with van der Waals surface area (Å²) >= 11 is 3.27. The van der Waals surface area contributed by atoms with Crippen LogP contribution in [0.2, 0.25) is 0 Å². The molecule has 7 heteroatoms. The van der Waals surface area contributed by atoms with Crippen LogP contribution in [-0.2, 0) is 11.3 Å². The van der Waals surface area contributed by atoms with Crippen LogP contribution in [0.15, 0.2) is 22.7 Å². The van der Waals surface area contributed by atoms with E-state index in [1.54, 1.807) is 19.2 Å². The minimum absolute atomic E-state index is 0.0780. The lowest BCUT2D eigenvalue weighted by atomic mass is 10.2. The Kier molecular flexibility index (Phi) is 6.72. The topological polar surface area (TPSA) is 50.4 Å². The van der Waals surface area contributed by atoms with Crippen LogP contribution in [0.5, 0.6) is 5.75 Å². The van der Waals surface area contributed by atoms with Crippen molar-refractivity contribution in [3.8, 4) is 5.75 Å². The van der Waals surface area contributed by atoms with Crippen LogP contribution in [-0.4, -0.2) is 26.1 Å². The lowest BCUT2D eigenvalue weighted by Crippen LogP contribution is -2.24. The van der Waals surface area contributed by atoms with Gasteiger partial charge in [-0.3, -0.25) is 4.79 Å². The van der Waals surface area contributed by atoms with Crippen molar-refractivity contribution >= 4 is 21.8 Å². The molecule has 0 radical (unpaired) electrons. The molecular formula is C12H15BrF2N2O2.